The lowest BCUT2D eigenvalue weighted by molar-refractivity contribution is 0.0976. The first-order valence-electron chi connectivity index (χ1n) is 4.91. The number of sulfone groups is 1. The Balaban J connectivity index is 3.24. The number of hydrogen-bond donors (Lipinski definition) is 0. The van der Waals surface area contributed by atoms with Crippen molar-refractivity contribution < 1.29 is 13.2 Å². The first-order chi connectivity index (χ1) is 7.72. The average molecular weight is 384 g/mol. The summed E-state index contributed by atoms with van der Waals surface area (Å²) in [6, 6.07) is 6.61. The molecule has 0 fully saturated rings. The molecular formula is C11H12Br2O3S. The van der Waals surface area contributed by atoms with Crippen molar-refractivity contribution >= 4 is 47.5 Å². The Morgan fingerprint density at radius 1 is 1.29 bits per heavy atom. The van der Waals surface area contributed by atoms with Gasteiger partial charge in [-0.2, -0.15) is 0 Å². The van der Waals surface area contributed by atoms with Gasteiger partial charge in [0.15, 0.2) is 19.3 Å². The number of benzene rings is 1. The largest absolute Gasteiger partial charge is 0.291 e. The number of halogens is 2. The third kappa shape index (κ3) is 2.98. The van der Waals surface area contributed by atoms with Crippen molar-refractivity contribution in [2.45, 2.75) is 17.0 Å². The molecule has 0 aromatic heterocycles. The van der Waals surface area contributed by atoms with Crippen LogP contribution >= 0.6 is 31.9 Å². The summed E-state index contributed by atoms with van der Waals surface area (Å²) < 4.78 is 22.7. The Morgan fingerprint density at radius 3 is 2.12 bits per heavy atom. The standard InChI is InChI=1S/C11H12Br2O3S/c1-3-11(13,17(2,15)16)10(14)8-4-6-9(12)7-5-8/h4-7H,3H2,1-2H3/t11-/m1/s1. The summed E-state index contributed by atoms with van der Waals surface area (Å²) in [7, 11) is -3.52. The molecule has 0 saturated carbocycles. The summed E-state index contributed by atoms with van der Waals surface area (Å²) in [6.45, 7) is 1.66. The molecule has 0 spiro atoms. The molecule has 3 nitrogen and oxygen atoms in total. The van der Waals surface area contributed by atoms with Gasteiger partial charge in [0.2, 0.25) is 0 Å². The maximum atomic E-state index is 12.2. The number of hydrogen-bond acceptors (Lipinski definition) is 3. The van der Waals surface area contributed by atoms with Gasteiger partial charge >= 0.3 is 0 Å². The molecule has 1 aromatic carbocycles. The summed E-state index contributed by atoms with van der Waals surface area (Å²) in [5, 5.41) is 0. The monoisotopic (exact) mass is 382 g/mol. The van der Waals surface area contributed by atoms with Crippen molar-refractivity contribution in [2.24, 2.45) is 0 Å². The van der Waals surface area contributed by atoms with Crippen LogP contribution in [0.1, 0.15) is 23.7 Å². The van der Waals surface area contributed by atoms with E-state index in [2.05, 4.69) is 31.9 Å². The first kappa shape index (κ1) is 14.9. The topological polar surface area (TPSA) is 51.2 Å². The number of ketones is 1. The van der Waals surface area contributed by atoms with Crippen LogP contribution in [0.5, 0.6) is 0 Å². The van der Waals surface area contributed by atoms with Crippen LogP contribution < -0.4 is 0 Å². The quantitative estimate of drug-likeness (QED) is 0.592. The highest BCUT2D eigenvalue weighted by molar-refractivity contribution is 9.12. The predicted molar refractivity (Wildman–Crippen MR) is 75.3 cm³/mol. The highest BCUT2D eigenvalue weighted by Crippen LogP contribution is 2.33. The lowest BCUT2D eigenvalue weighted by atomic mass is 10.1. The Morgan fingerprint density at radius 2 is 1.76 bits per heavy atom. The minimum Gasteiger partial charge on any atom is -0.291 e. The summed E-state index contributed by atoms with van der Waals surface area (Å²) in [4.78, 5) is 12.2. The van der Waals surface area contributed by atoms with Crippen LogP contribution in [0.3, 0.4) is 0 Å². The number of carbonyl (C=O) groups is 1. The minimum absolute atomic E-state index is 0.181. The van der Waals surface area contributed by atoms with Gasteiger partial charge in [-0.25, -0.2) is 8.42 Å². The van der Waals surface area contributed by atoms with Crippen LogP contribution in [0.4, 0.5) is 0 Å². The van der Waals surface area contributed by atoms with Gasteiger partial charge < -0.3 is 0 Å². The van der Waals surface area contributed by atoms with Crippen LogP contribution in [-0.2, 0) is 9.84 Å². The maximum Gasteiger partial charge on any atom is 0.194 e. The van der Waals surface area contributed by atoms with E-state index in [4.69, 9.17) is 0 Å². The van der Waals surface area contributed by atoms with Crippen molar-refractivity contribution in [1.29, 1.82) is 0 Å². The Bertz CT molecular complexity index is 522. The van der Waals surface area contributed by atoms with Crippen molar-refractivity contribution in [3.05, 3.63) is 34.3 Å². The fourth-order valence-electron chi connectivity index (χ4n) is 1.41. The Kier molecular flexibility index (Phi) is 4.54. The highest BCUT2D eigenvalue weighted by atomic mass is 79.9. The van der Waals surface area contributed by atoms with E-state index < -0.39 is 19.3 Å². The maximum absolute atomic E-state index is 12.2. The molecule has 94 valence electrons. The van der Waals surface area contributed by atoms with Gasteiger partial charge in [-0.05, 0) is 18.6 Å². The average Bonchev–Trinajstić information content (AvgIpc) is 2.26. The molecule has 0 heterocycles. The second-order valence-electron chi connectivity index (χ2n) is 3.69. The normalized spacial score (nSPS) is 15.3. The molecule has 0 bridgehead atoms. The van der Waals surface area contributed by atoms with Crippen LogP contribution in [0.15, 0.2) is 28.7 Å². The van der Waals surface area contributed by atoms with Gasteiger partial charge in [0.05, 0.1) is 0 Å². The third-order valence-corrected chi connectivity index (χ3v) is 7.35. The third-order valence-electron chi connectivity index (χ3n) is 2.49. The van der Waals surface area contributed by atoms with Gasteiger partial charge in [-0.15, -0.1) is 0 Å². The van der Waals surface area contributed by atoms with E-state index in [1.54, 1.807) is 31.2 Å². The summed E-state index contributed by atoms with van der Waals surface area (Å²) in [6.07, 6.45) is 1.24. The van der Waals surface area contributed by atoms with Crippen LogP contribution in [0.2, 0.25) is 0 Å². The van der Waals surface area contributed by atoms with Gasteiger partial charge in [-0.3, -0.25) is 4.79 Å². The Hall–Kier alpha value is -0.200. The molecule has 1 rings (SSSR count). The van der Waals surface area contributed by atoms with Crippen molar-refractivity contribution in [3.8, 4) is 0 Å². The highest BCUT2D eigenvalue weighted by Gasteiger charge is 2.44. The predicted octanol–water partition coefficient (Wildman–Crippen LogP) is 3.18. The molecule has 1 aromatic rings. The van der Waals surface area contributed by atoms with Gasteiger partial charge in [0, 0.05) is 16.3 Å². The van der Waals surface area contributed by atoms with Crippen LogP contribution in [0.25, 0.3) is 0 Å². The second-order valence-corrected chi connectivity index (χ2v) is 8.73. The molecule has 0 aliphatic heterocycles. The first-order valence-corrected chi connectivity index (χ1v) is 8.39. The molecule has 0 unspecified atom stereocenters. The molecular weight excluding hydrogens is 372 g/mol. The molecule has 1 atom stereocenters. The van der Waals surface area contributed by atoms with Crippen LogP contribution in [0, 0.1) is 0 Å². The summed E-state index contributed by atoms with van der Waals surface area (Å²) in [5.41, 5.74) is 0.373. The molecule has 0 saturated heterocycles. The van der Waals surface area contributed by atoms with Gasteiger partial charge in [0.1, 0.15) is 0 Å². The lowest BCUT2D eigenvalue weighted by Crippen LogP contribution is -2.39. The molecule has 0 radical (unpaired) electrons. The van der Waals surface area contributed by atoms with E-state index in [9.17, 15) is 13.2 Å². The van der Waals surface area contributed by atoms with Crippen molar-refractivity contribution in [1.82, 2.24) is 0 Å². The number of rotatable bonds is 4. The van der Waals surface area contributed by atoms with Gasteiger partial charge in [0.25, 0.3) is 0 Å². The van der Waals surface area contributed by atoms with E-state index in [1.807, 2.05) is 0 Å². The van der Waals surface area contributed by atoms with E-state index >= 15 is 0 Å². The second kappa shape index (κ2) is 5.20. The zero-order chi connectivity index (χ0) is 13.3. The number of Topliss-reactive ketones (excluding diaryl/α,β-unsaturated/α-hetero) is 1. The zero-order valence-electron chi connectivity index (χ0n) is 9.41. The molecule has 17 heavy (non-hydrogen) atoms. The number of carbonyl (C=O) groups excluding carboxylic acids is 1. The number of alkyl halides is 1. The molecule has 0 N–H and O–H groups in total. The van der Waals surface area contributed by atoms with E-state index in [0.717, 1.165) is 10.7 Å². The summed E-state index contributed by atoms with van der Waals surface area (Å²) >= 11 is 6.34. The fourth-order valence-corrected chi connectivity index (χ4v) is 2.88. The van der Waals surface area contributed by atoms with E-state index in [-0.39, 0.29) is 6.42 Å². The van der Waals surface area contributed by atoms with Crippen molar-refractivity contribution in [3.63, 3.8) is 0 Å². The van der Waals surface area contributed by atoms with Crippen LogP contribution in [-0.4, -0.2) is 24.1 Å². The van der Waals surface area contributed by atoms with E-state index in [1.165, 1.54) is 0 Å². The zero-order valence-corrected chi connectivity index (χ0v) is 13.4. The SMILES string of the molecule is CC[C@](Br)(C(=O)c1ccc(Br)cc1)S(C)(=O)=O. The molecule has 0 amide bonds. The van der Waals surface area contributed by atoms with Gasteiger partial charge in [-0.1, -0.05) is 50.9 Å². The Labute approximate surface area is 118 Å². The van der Waals surface area contributed by atoms with E-state index in [0.29, 0.717) is 5.56 Å². The smallest absolute Gasteiger partial charge is 0.194 e. The lowest BCUT2D eigenvalue weighted by Gasteiger charge is -2.22. The minimum atomic E-state index is -3.52. The summed E-state index contributed by atoms with van der Waals surface area (Å²) in [5.74, 6) is -0.435. The molecule has 0 aliphatic rings. The fraction of sp³-hybridized carbons (Fsp3) is 0.364. The molecule has 6 heteroatoms. The molecule has 0 aliphatic carbocycles. The van der Waals surface area contributed by atoms with Crippen molar-refractivity contribution in [2.75, 3.05) is 6.26 Å².